The van der Waals surface area contributed by atoms with Crippen molar-refractivity contribution in [3.63, 3.8) is 0 Å². The number of ether oxygens (including phenoxy) is 1. The van der Waals surface area contributed by atoms with E-state index >= 15 is 0 Å². The highest BCUT2D eigenvalue weighted by Gasteiger charge is 2.56. The largest absolute Gasteiger partial charge is 0.454 e. The van der Waals surface area contributed by atoms with Crippen LogP contribution in [0.2, 0.25) is 0 Å². The number of anilines is 1. The number of halogens is 3. The van der Waals surface area contributed by atoms with Crippen LogP contribution < -0.4 is 10.2 Å². The fourth-order valence-corrected chi connectivity index (χ4v) is 3.38. The van der Waals surface area contributed by atoms with Crippen LogP contribution in [0.3, 0.4) is 0 Å². The van der Waals surface area contributed by atoms with Crippen LogP contribution in [0.25, 0.3) is 0 Å². The summed E-state index contributed by atoms with van der Waals surface area (Å²) < 4.78 is 44.1. The summed E-state index contributed by atoms with van der Waals surface area (Å²) in [5, 5.41) is 11.8. The van der Waals surface area contributed by atoms with Crippen molar-refractivity contribution in [1.82, 2.24) is 5.32 Å². The number of hydrogen-bond acceptors (Lipinski definition) is 6. The van der Waals surface area contributed by atoms with Gasteiger partial charge in [-0.25, -0.2) is 10.1 Å². The number of nitrogens with one attached hydrogen (secondary N) is 1. The Kier molecular flexibility index (Phi) is 6.22. The molecule has 0 bridgehead atoms. The summed E-state index contributed by atoms with van der Waals surface area (Å²) in [6, 6.07) is 11.4. The average molecular weight is 466 g/mol. The molecule has 1 atom stereocenters. The lowest BCUT2D eigenvalue weighted by Crippen LogP contribution is -2.55. The summed E-state index contributed by atoms with van der Waals surface area (Å²) in [7, 11) is 0. The number of nitrogens with zero attached hydrogens (tertiary/aromatic N) is 1. The fourth-order valence-electron chi connectivity index (χ4n) is 3.38. The Labute approximate surface area is 186 Å². The lowest BCUT2D eigenvalue weighted by atomic mass is 9.99. The highest BCUT2D eigenvalue weighted by Crippen LogP contribution is 2.43. The third-order valence-corrected chi connectivity index (χ3v) is 4.73. The first-order valence-corrected chi connectivity index (χ1v) is 9.74. The number of alkyl halides is 3. The van der Waals surface area contributed by atoms with Gasteiger partial charge in [0.2, 0.25) is 0 Å². The molecule has 2 N–H and O–H groups in total. The molecule has 0 saturated heterocycles. The van der Waals surface area contributed by atoms with E-state index in [0.29, 0.717) is 5.56 Å². The first-order valence-electron chi connectivity index (χ1n) is 9.74. The zero-order valence-electron chi connectivity index (χ0n) is 17.9. The van der Waals surface area contributed by atoms with Crippen molar-refractivity contribution >= 4 is 23.5 Å². The van der Waals surface area contributed by atoms with Crippen LogP contribution in [0, 0.1) is 0 Å². The van der Waals surface area contributed by atoms with E-state index in [1.54, 1.807) is 51.1 Å². The van der Waals surface area contributed by atoms with Gasteiger partial charge in [-0.3, -0.25) is 14.9 Å². The molecule has 0 aromatic heterocycles. The number of carbonyl (C=O) groups is 3. The van der Waals surface area contributed by atoms with Crippen LogP contribution >= 0.6 is 0 Å². The molecule has 0 unspecified atom stereocenters. The van der Waals surface area contributed by atoms with E-state index in [2.05, 4.69) is 10.2 Å². The third-order valence-electron chi connectivity index (χ3n) is 4.73. The number of alkyl carbamates (subject to hydrolysis) is 1. The Balaban J connectivity index is 2.12. The summed E-state index contributed by atoms with van der Waals surface area (Å²) in [5.74, 6) is -3.16. The first kappa shape index (κ1) is 24.2. The van der Waals surface area contributed by atoms with Crippen LogP contribution in [-0.2, 0) is 26.7 Å². The van der Waals surface area contributed by atoms with E-state index < -0.39 is 40.8 Å². The number of hydrogen-bond donors (Lipinski definition) is 2. The molecular formula is C22H21F3N2O6. The van der Waals surface area contributed by atoms with Gasteiger partial charge >= 0.3 is 12.3 Å². The van der Waals surface area contributed by atoms with E-state index in [1.165, 1.54) is 0 Å². The SMILES string of the molecule is CC(C)(C)OC(=O)N[C@@]1(OO)C(=O)N(Cc2ccccc2)c2ccc(C(=O)C(F)(F)F)cc21. The van der Waals surface area contributed by atoms with Gasteiger partial charge in [-0.15, -0.1) is 0 Å². The summed E-state index contributed by atoms with van der Waals surface area (Å²) in [4.78, 5) is 43.1. The number of benzene rings is 2. The second-order valence-corrected chi connectivity index (χ2v) is 8.34. The number of rotatable bonds is 5. The maximum absolute atomic E-state index is 13.4. The van der Waals surface area contributed by atoms with Gasteiger partial charge in [-0.05, 0) is 44.5 Å². The molecule has 0 radical (unpaired) electrons. The molecule has 2 aromatic carbocycles. The fraction of sp³-hybridized carbons (Fsp3) is 0.318. The minimum absolute atomic E-state index is 0.0349. The Bertz CT molecular complexity index is 1080. The molecule has 2 amide bonds. The number of carbonyl (C=O) groups excluding carboxylic acids is 3. The van der Waals surface area contributed by atoms with Crippen molar-refractivity contribution in [3.05, 3.63) is 65.2 Å². The molecule has 8 nitrogen and oxygen atoms in total. The van der Waals surface area contributed by atoms with Crippen LogP contribution in [-0.4, -0.2) is 34.8 Å². The highest BCUT2D eigenvalue weighted by molar-refractivity contribution is 6.09. The summed E-state index contributed by atoms with van der Waals surface area (Å²) in [6.45, 7) is 4.59. The zero-order chi connectivity index (χ0) is 24.6. The molecule has 2 aromatic rings. The molecule has 3 rings (SSSR count). The predicted octanol–water partition coefficient (Wildman–Crippen LogP) is 4.15. The summed E-state index contributed by atoms with van der Waals surface area (Å²) >= 11 is 0. The number of ketones is 1. The standard InChI is InChI=1S/C22H21F3N2O6/c1-20(2,3)32-19(30)26-21(33-31)15-11-14(17(28)22(23,24)25)9-10-16(15)27(18(21)29)12-13-7-5-4-6-8-13/h4-11,31H,12H2,1-3H3,(H,26,30)/t21-/m0/s1. The molecule has 0 saturated carbocycles. The molecule has 1 aliphatic heterocycles. The molecule has 33 heavy (non-hydrogen) atoms. The molecule has 0 aliphatic carbocycles. The third kappa shape index (κ3) is 4.83. The van der Waals surface area contributed by atoms with Gasteiger partial charge in [0.05, 0.1) is 12.2 Å². The Morgan fingerprint density at radius 2 is 1.73 bits per heavy atom. The van der Waals surface area contributed by atoms with Crippen LogP contribution in [0.5, 0.6) is 0 Å². The maximum atomic E-state index is 13.4. The minimum atomic E-state index is -5.18. The van der Waals surface area contributed by atoms with Crippen molar-refractivity contribution in [1.29, 1.82) is 0 Å². The van der Waals surface area contributed by atoms with E-state index in [0.717, 1.165) is 23.1 Å². The van der Waals surface area contributed by atoms with Gasteiger partial charge in [-0.1, -0.05) is 30.3 Å². The van der Waals surface area contributed by atoms with Crippen molar-refractivity contribution < 1.29 is 42.4 Å². The van der Waals surface area contributed by atoms with Gasteiger partial charge in [-0.2, -0.15) is 18.1 Å². The van der Waals surface area contributed by atoms with Crippen molar-refractivity contribution in [2.24, 2.45) is 0 Å². The normalized spacial score (nSPS) is 18.2. The Morgan fingerprint density at radius 1 is 1.09 bits per heavy atom. The first-order chi connectivity index (χ1) is 15.3. The summed E-state index contributed by atoms with van der Waals surface area (Å²) in [5.41, 5.74) is -4.10. The van der Waals surface area contributed by atoms with E-state index in [-0.39, 0.29) is 17.8 Å². The topological polar surface area (TPSA) is 105 Å². The van der Waals surface area contributed by atoms with Crippen LogP contribution in [0.1, 0.15) is 42.3 Å². The minimum Gasteiger partial charge on any atom is -0.444 e. The number of fused-ring (bicyclic) bond motifs is 1. The smallest absolute Gasteiger partial charge is 0.444 e. The van der Waals surface area contributed by atoms with Gasteiger partial charge in [0.25, 0.3) is 17.4 Å². The lowest BCUT2D eigenvalue weighted by Gasteiger charge is -2.28. The monoisotopic (exact) mass is 466 g/mol. The van der Waals surface area contributed by atoms with E-state index in [4.69, 9.17) is 4.74 Å². The maximum Gasteiger partial charge on any atom is 0.454 e. The van der Waals surface area contributed by atoms with Gasteiger partial charge in [0, 0.05) is 11.1 Å². The molecule has 176 valence electrons. The zero-order valence-corrected chi connectivity index (χ0v) is 17.9. The second kappa shape index (κ2) is 8.49. The van der Waals surface area contributed by atoms with Gasteiger partial charge in [0.1, 0.15) is 5.60 Å². The molecule has 0 spiro atoms. The van der Waals surface area contributed by atoms with Gasteiger partial charge in [0.15, 0.2) is 0 Å². The van der Waals surface area contributed by atoms with Crippen molar-refractivity contribution in [2.45, 2.75) is 44.8 Å². The van der Waals surface area contributed by atoms with E-state index in [9.17, 15) is 32.8 Å². The lowest BCUT2D eigenvalue weighted by molar-refractivity contribution is -0.321. The van der Waals surface area contributed by atoms with Gasteiger partial charge < -0.3 is 9.64 Å². The average Bonchev–Trinajstić information content (AvgIpc) is 2.94. The van der Waals surface area contributed by atoms with Crippen LogP contribution in [0.4, 0.5) is 23.7 Å². The number of amides is 2. The summed E-state index contributed by atoms with van der Waals surface area (Å²) in [6.07, 6.45) is -6.35. The molecule has 1 aliphatic rings. The predicted molar refractivity (Wildman–Crippen MR) is 109 cm³/mol. The molecule has 11 heteroatoms. The van der Waals surface area contributed by atoms with Crippen molar-refractivity contribution in [2.75, 3.05) is 4.90 Å². The molecular weight excluding hydrogens is 445 g/mol. The number of Topliss-reactive ketones (excluding diaryl/α,β-unsaturated/α-hetero) is 1. The highest BCUT2D eigenvalue weighted by atomic mass is 19.4. The second-order valence-electron chi connectivity index (χ2n) is 8.34. The van der Waals surface area contributed by atoms with Crippen molar-refractivity contribution in [3.8, 4) is 0 Å². The Morgan fingerprint density at radius 3 is 2.27 bits per heavy atom. The van der Waals surface area contributed by atoms with E-state index in [1.807, 2.05) is 0 Å². The van der Waals surface area contributed by atoms with Crippen LogP contribution in [0.15, 0.2) is 48.5 Å². The Hall–Kier alpha value is -3.44. The quantitative estimate of drug-likeness (QED) is 0.297. The molecule has 1 heterocycles. The molecule has 0 fully saturated rings.